The predicted molar refractivity (Wildman–Crippen MR) is 96.5 cm³/mol. The highest BCUT2D eigenvalue weighted by Crippen LogP contribution is 2.46. The lowest BCUT2D eigenvalue weighted by Crippen LogP contribution is -2.72. The van der Waals surface area contributed by atoms with Gasteiger partial charge in [-0.15, -0.1) is 0 Å². The maximum Gasteiger partial charge on any atom is 0.194 e. The number of benzene rings is 1. The number of hydrogen-bond acceptors (Lipinski definition) is 2. The monoisotopic (exact) mass is 310 g/mol. The molecule has 0 bridgehead atoms. The summed E-state index contributed by atoms with van der Waals surface area (Å²) in [4.78, 5) is 11.4. The summed E-state index contributed by atoms with van der Waals surface area (Å²) in [5.74, 6) is 0.960. The van der Waals surface area contributed by atoms with Crippen LogP contribution in [0.1, 0.15) is 33.3 Å². The summed E-state index contributed by atoms with van der Waals surface area (Å²) in [6.07, 6.45) is 1.85. The van der Waals surface area contributed by atoms with Crippen LogP contribution in [0.15, 0.2) is 41.5 Å². The Hall–Kier alpha value is -2.10. The van der Waals surface area contributed by atoms with E-state index < -0.39 is 0 Å². The van der Waals surface area contributed by atoms with Gasteiger partial charge in [0.2, 0.25) is 0 Å². The number of aliphatic imine (C=N–C) groups is 1. The van der Waals surface area contributed by atoms with E-state index in [9.17, 15) is 0 Å². The van der Waals surface area contributed by atoms with Gasteiger partial charge in [-0.1, -0.05) is 38.1 Å². The third kappa shape index (κ3) is 2.56. The molecule has 0 saturated carbocycles. The SMILES string of the molecule is CN=C(NCc1cccc2cccnc12)N1CC(C)(C)C1(C)C. The molecule has 1 aliphatic rings. The molecule has 0 aliphatic carbocycles. The first-order chi connectivity index (χ1) is 10.9. The van der Waals surface area contributed by atoms with E-state index in [1.807, 2.05) is 19.3 Å². The van der Waals surface area contributed by atoms with Gasteiger partial charge in [-0.3, -0.25) is 9.98 Å². The van der Waals surface area contributed by atoms with Crippen molar-refractivity contribution in [2.45, 2.75) is 39.8 Å². The van der Waals surface area contributed by atoms with Gasteiger partial charge in [0.25, 0.3) is 0 Å². The fourth-order valence-electron chi connectivity index (χ4n) is 3.18. The maximum atomic E-state index is 4.52. The summed E-state index contributed by atoms with van der Waals surface area (Å²) in [5.41, 5.74) is 2.65. The van der Waals surface area contributed by atoms with Crippen molar-refractivity contribution in [3.63, 3.8) is 0 Å². The van der Waals surface area contributed by atoms with Gasteiger partial charge in [0, 0.05) is 42.7 Å². The Morgan fingerprint density at radius 2 is 1.96 bits per heavy atom. The van der Waals surface area contributed by atoms with Gasteiger partial charge in [-0.2, -0.15) is 0 Å². The number of likely N-dealkylation sites (tertiary alicyclic amines) is 1. The molecule has 4 nitrogen and oxygen atoms in total. The average Bonchev–Trinajstić information content (AvgIpc) is 2.54. The average molecular weight is 310 g/mol. The highest BCUT2D eigenvalue weighted by molar-refractivity contribution is 5.84. The summed E-state index contributed by atoms with van der Waals surface area (Å²) < 4.78 is 0. The van der Waals surface area contributed by atoms with Crippen molar-refractivity contribution < 1.29 is 0 Å². The van der Waals surface area contributed by atoms with Crippen molar-refractivity contribution in [1.82, 2.24) is 15.2 Å². The molecule has 1 aliphatic heterocycles. The van der Waals surface area contributed by atoms with Gasteiger partial charge in [-0.25, -0.2) is 0 Å². The van der Waals surface area contributed by atoms with Crippen molar-refractivity contribution in [2.75, 3.05) is 13.6 Å². The van der Waals surface area contributed by atoms with Gasteiger partial charge in [0.15, 0.2) is 5.96 Å². The lowest BCUT2D eigenvalue weighted by Gasteiger charge is -2.62. The Morgan fingerprint density at radius 1 is 1.22 bits per heavy atom. The van der Waals surface area contributed by atoms with E-state index in [2.05, 4.69) is 72.2 Å². The Kier molecular flexibility index (Phi) is 3.78. The van der Waals surface area contributed by atoms with E-state index in [0.29, 0.717) is 5.41 Å². The number of aromatic nitrogens is 1. The standard InChI is InChI=1S/C19H26N4/c1-18(2)13-23(19(18,3)4)17(20-5)22-12-15-9-6-8-14-10-7-11-21-16(14)15/h6-11H,12-13H2,1-5H3,(H,20,22). The molecule has 1 fully saturated rings. The number of pyridine rings is 1. The van der Waals surface area contributed by atoms with E-state index in [1.54, 1.807) is 0 Å². The first kappa shape index (κ1) is 15.8. The number of para-hydroxylation sites is 1. The predicted octanol–water partition coefficient (Wildman–Crippen LogP) is 3.43. The molecule has 2 aromatic rings. The Bertz CT molecular complexity index is 741. The van der Waals surface area contributed by atoms with Crippen molar-refractivity contribution in [1.29, 1.82) is 0 Å². The minimum Gasteiger partial charge on any atom is -0.352 e. The molecule has 1 saturated heterocycles. The van der Waals surface area contributed by atoms with Crippen LogP contribution in [0.5, 0.6) is 0 Å². The molecular weight excluding hydrogens is 284 g/mol. The summed E-state index contributed by atoms with van der Waals surface area (Å²) >= 11 is 0. The number of fused-ring (bicyclic) bond motifs is 1. The largest absolute Gasteiger partial charge is 0.352 e. The number of rotatable bonds is 2. The van der Waals surface area contributed by atoms with Crippen LogP contribution < -0.4 is 5.32 Å². The lowest BCUT2D eigenvalue weighted by molar-refractivity contribution is -0.0667. The quantitative estimate of drug-likeness (QED) is 0.682. The van der Waals surface area contributed by atoms with Gasteiger partial charge in [0.1, 0.15) is 0 Å². The Labute approximate surface area is 138 Å². The molecule has 0 amide bonds. The van der Waals surface area contributed by atoms with Crippen LogP contribution in [0.3, 0.4) is 0 Å². The molecule has 2 heterocycles. The highest BCUT2D eigenvalue weighted by Gasteiger charge is 2.53. The second kappa shape index (κ2) is 5.52. The fourth-order valence-corrected chi connectivity index (χ4v) is 3.18. The first-order valence-corrected chi connectivity index (χ1v) is 8.18. The van der Waals surface area contributed by atoms with Crippen LogP contribution in [-0.2, 0) is 6.54 Å². The molecule has 1 N–H and O–H groups in total. The van der Waals surface area contributed by atoms with E-state index in [1.165, 1.54) is 10.9 Å². The number of guanidine groups is 1. The molecule has 3 rings (SSSR count). The van der Waals surface area contributed by atoms with Crippen LogP contribution in [-0.4, -0.2) is 35.0 Å². The van der Waals surface area contributed by atoms with Crippen LogP contribution in [0, 0.1) is 5.41 Å². The van der Waals surface area contributed by atoms with Crippen molar-refractivity contribution in [2.24, 2.45) is 10.4 Å². The van der Waals surface area contributed by atoms with Gasteiger partial charge < -0.3 is 10.2 Å². The Morgan fingerprint density at radius 3 is 2.61 bits per heavy atom. The number of hydrogen-bond donors (Lipinski definition) is 1. The molecule has 0 radical (unpaired) electrons. The van der Waals surface area contributed by atoms with Crippen molar-refractivity contribution in [3.8, 4) is 0 Å². The molecule has 1 aromatic carbocycles. The van der Waals surface area contributed by atoms with Crippen LogP contribution in [0.25, 0.3) is 10.9 Å². The molecule has 0 atom stereocenters. The molecule has 1 aromatic heterocycles. The van der Waals surface area contributed by atoms with E-state index >= 15 is 0 Å². The highest BCUT2D eigenvalue weighted by atomic mass is 15.4. The summed E-state index contributed by atoms with van der Waals surface area (Å²) in [5, 5.41) is 4.68. The second-order valence-electron chi connectivity index (χ2n) is 7.42. The van der Waals surface area contributed by atoms with E-state index in [4.69, 9.17) is 0 Å². The molecule has 0 unspecified atom stereocenters. The zero-order valence-corrected chi connectivity index (χ0v) is 14.7. The molecule has 122 valence electrons. The van der Waals surface area contributed by atoms with Gasteiger partial charge in [0.05, 0.1) is 5.52 Å². The number of nitrogens with zero attached hydrogens (tertiary/aromatic N) is 3. The third-order valence-electron chi connectivity index (χ3n) is 5.51. The zero-order chi connectivity index (χ0) is 16.7. The first-order valence-electron chi connectivity index (χ1n) is 8.18. The molecule has 23 heavy (non-hydrogen) atoms. The third-order valence-corrected chi connectivity index (χ3v) is 5.51. The summed E-state index contributed by atoms with van der Waals surface area (Å²) in [7, 11) is 1.85. The topological polar surface area (TPSA) is 40.5 Å². The minimum absolute atomic E-state index is 0.103. The Balaban J connectivity index is 1.77. The lowest BCUT2D eigenvalue weighted by atomic mass is 9.65. The summed E-state index contributed by atoms with van der Waals surface area (Å²) in [6.45, 7) is 10.9. The van der Waals surface area contributed by atoms with Crippen molar-refractivity contribution in [3.05, 3.63) is 42.1 Å². The molecule has 0 spiro atoms. The van der Waals surface area contributed by atoms with E-state index in [0.717, 1.165) is 24.6 Å². The van der Waals surface area contributed by atoms with Crippen LogP contribution in [0.4, 0.5) is 0 Å². The number of nitrogens with one attached hydrogen (secondary N) is 1. The van der Waals surface area contributed by atoms with Gasteiger partial charge >= 0.3 is 0 Å². The fraction of sp³-hybridized carbons (Fsp3) is 0.474. The summed E-state index contributed by atoms with van der Waals surface area (Å²) in [6, 6.07) is 10.4. The minimum atomic E-state index is 0.103. The van der Waals surface area contributed by atoms with Crippen LogP contribution in [0.2, 0.25) is 0 Å². The van der Waals surface area contributed by atoms with Crippen LogP contribution >= 0.6 is 0 Å². The van der Waals surface area contributed by atoms with Crippen molar-refractivity contribution >= 4 is 16.9 Å². The second-order valence-corrected chi connectivity index (χ2v) is 7.42. The zero-order valence-electron chi connectivity index (χ0n) is 14.7. The maximum absolute atomic E-state index is 4.52. The molecule has 4 heteroatoms. The normalized spacial score (nSPS) is 19.5. The van der Waals surface area contributed by atoms with E-state index in [-0.39, 0.29) is 5.54 Å². The molecular formula is C19H26N4. The smallest absolute Gasteiger partial charge is 0.194 e. The van der Waals surface area contributed by atoms with Gasteiger partial charge in [-0.05, 0) is 25.5 Å².